The number of rotatable bonds is 2. The van der Waals surface area contributed by atoms with Crippen LogP contribution < -0.4 is 10.6 Å². The molecule has 1 aliphatic heterocycles. The van der Waals surface area contributed by atoms with E-state index in [4.69, 9.17) is 26.9 Å². The van der Waals surface area contributed by atoms with Crippen LogP contribution in [0.3, 0.4) is 0 Å². The molecule has 2 rings (SSSR count). The maximum absolute atomic E-state index is 6.05. The fraction of sp³-hybridized carbons (Fsp3) is 0.455. The highest BCUT2D eigenvalue weighted by Crippen LogP contribution is 2.32. The van der Waals surface area contributed by atoms with E-state index in [1.54, 1.807) is 0 Å². The van der Waals surface area contributed by atoms with E-state index in [0.29, 0.717) is 29.6 Å². The quantitative estimate of drug-likeness (QED) is 0.488. The highest BCUT2D eigenvalue weighted by atomic mass is 35.5. The monoisotopic (exact) mass is 243 g/mol. The Hall–Kier alpha value is -0.810. The van der Waals surface area contributed by atoms with Gasteiger partial charge in [0.1, 0.15) is 12.3 Å². The summed E-state index contributed by atoms with van der Waals surface area (Å²) in [7, 11) is 3.85. The second-order valence-corrected chi connectivity index (χ2v) is 5.04. The molecule has 0 atom stereocenters. The molecule has 0 saturated carbocycles. The van der Waals surface area contributed by atoms with Gasteiger partial charge < -0.3 is 9.47 Å². The minimum absolute atomic E-state index is 0.291. The van der Waals surface area contributed by atoms with Gasteiger partial charge in [-0.05, 0) is 12.1 Å². The Morgan fingerprint density at radius 2 is 2.19 bits per heavy atom. The van der Waals surface area contributed by atoms with Gasteiger partial charge >= 0.3 is 0 Å². The molecular formula is C11H16ClN2O2+. The Kier molecular flexibility index (Phi) is 3.08. The molecule has 2 N–H and O–H groups in total. The molecule has 1 heterocycles. The molecule has 0 spiro atoms. The van der Waals surface area contributed by atoms with Crippen LogP contribution in [0.15, 0.2) is 12.1 Å². The second kappa shape index (κ2) is 4.22. The fourth-order valence-corrected chi connectivity index (χ4v) is 2.08. The van der Waals surface area contributed by atoms with Crippen LogP contribution in [0.5, 0.6) is 5.75 Å². The lowest BCUT2D eigenvalue weighted by molar-refractivity contribution is -0.915. The molecule has 1 aromatic rings. The van der Waals surface area contributed by atoms with Crippen LogP contribution >= 0.6 is 11.6 Å². The van der Waals surface area contributed by atoms with Crippen molar-refractivity contribution in [1.29, 1.82) is 0 Å². The van der Waals surface area contributed by atoms with Crippen LogP contribution in [0.4, 0.5) is 0 Å². The van der Waals surface area contributed by atoms with Gasteiger partial charge in [-0.2, -0.15) is 5.84 Å². The maximum Gasteiger partial charge on any atom is 0.189 e. The van der Waals surface area contributed by atoms with Crippen molar-refractivity contribution >= 4 is 11.6 Å². The zero-order chi connectivity index (χ0) is 11.8. The molecule has 1 aromatic carbocycles. The molecule has 0 radical (unpaired) electrons. The third-order valence-corrected chi connectivity index (χ3v) is 2.55. The largest absolute Gasteiger partial charge is 0.467 e. The lowest BCUT2D eigenvalue weighted by Crippen LogP contribution is -2.45. The van der Waals surface area contributed by atoms with Gasteiger partial charge in [-0.1, -0.05) is 11.6 Å². The summed E-state index contributed by atoms with van der Waals surface area (Å²) in [5.74, 6) is 6.83. The number of fused-ring (bicyclic) bond motifs is 1. The molecule has 0 amide bonds. The number of hydrogen-bond donors (Lipinski definition) is 1. The van der Waals surface area contributed by atoms with Crippen molar-refractivity contribution in [2.45, 2.75) is 13.2 Å². The van der Waals surface area contributed by atoms with Gasteiger partial charge in [-0.3, -0.25) is 0 Å². The maximum atomic E-state index is 6.05. The standard InChI is InChI=1S/C11H16ClN2O2/c1-14(2,13)5-8-3-10(12)4-9-6-15-7-16-11(8)9/h3-4H,5-7,13H2,1-2H3/q+1. The van der Waals surface area contributed by atoms with Gasteiger partial charge in [-0.15, -0.1) is 0 Å². The van der Waals surface area contributed by atoms with Crippen molar-refractivity contribution in [3.8, 4) is 5.75 Å². The van der Waals surface area contributed by atoms with Crippen LogP contribution in [0, 0.1) is 0 Å². The first-order valence-electron chi connectivity index (χ1n) is 5.09. The van der Waals surface area contributed by atoms with Crippen LogP contribution in [0.1, 0.15) is 11.1 Å². The van der Waals surface area contributed by atoms with E-state index in [1.165, 1.54) is 0 Å². The van der Waals surface area contributed by atoms with Crippen molar-refractivity contribution in [2.75, 3.05) is 20.9 Å². The summed E-state index contributed by atoms with van der Waals surface area (Å²) in [5.41, 5.74) is 2.01. The first-order chi connectivity index (χ1) is 7.46. The Balaban J connectivity index is 2.39. The number of hydrogen-bond acceptors (Lipinski definition) is 3. The first-order valence-corrected chi connectivity index (χ1v) is 5.47. The first kappa shape index (κ1) is 11.7. The molecule has 0 bridgehead atoms. The Labute approximate surface area is 100 Å². The SMILES string of the molecule is C[N+](C)(N)Cc1cc(Cl)cc2c1OCOC2. The molecule has 0 saturated heterocycles. The zero-order valence-electron chi connectivity index (χ0n) is 9.50. The van der Waals surface area contributed by atoms with Crippen molar-refractivity contribution in [2.24, 2.45) is 5.84 Å². The van der Waals surface area contributed by atoms with Crippen LogP contribution in [-0.4, -0.2) is 25.5 Å². The third kappa shape index (κ3) is 2.65. The van der Waals surface area contributed by atoms with E-state index in [1.807, 2.05) is 26.2 Å². The van der Waals surface area contributed by atoms with E-state index >= 15 is 0 Å². The summed E-state index contributed by atoms with van der Waals surface area (Å²) < 4.78 is 11.1. The molecule has 1 aliphatic rings. The van der Waals surface area contributed by atoms with Crippen LogP contribution in [0.25, 0.3) is 0 Å². The van der Waals surface area contributed by atoms with Gasteiger partial charge in [0.05, 0.1) is 26.3 Å². The van der Waals surface area contributed by atoms with Crippen molar-refractivity contribution < 1.29 is 14.1 Å². The van der Waals surface area contributed by atoms with Gasteiger partial charge in [0.25, 0.3) is 0 Å². The number of quaternary nitrogens is 1. The minimum Gasteiger partial charge on any atom is -0.467 e. The number of nitrogens with zero attached hydrogens (tertiary/aromatic N) is 1. The van der Waals surface area contributed by atoms with Crippen molar-refractivity contribution in [3.63, 3.8) is 0 Å². The Morgan fingerprint density at radius 3 is 2.88 bits per heavy atom. The predicted octanol–water partition coefficient (Wildman–Crippen LogP) is 1.66. The van der Waals surface area contributed by atoms with Gasteiger partial charge in [0.2, 0.25) is 0 Å². The van der Waals surface area contributed by atoms with Gasteiger partial charge in [0, 0.05) is 10.6 Å². The van der Waals surface area contributed by atoms with E-state index in [2.05, 4.69) is 0 Å². The number of ether oxygens (including phenoxy) is 2. The second-order valence-electron chi connectivity index (χ2n) is 4.60. The average Bonchev–Trinajstić information content (AvgIpc) is 2.14. The predicted molar refractivity (Wildman–Crippen MR) is 61.7 cm³/mol. The Morgan fingerprint density at radius 1 is 1.44 bits per heavy atom. The van der Waals surface area contributed by atoms with Gasteiger partial charge in [0.15, 0.2) is 6.79 Å². The molecular weight excluding hydrogens is 228 g/mol. The van der Waals surface area contributed by atoms with Crippen LogP contribution in [0.2, 0.25) is 5.02 Å². The number of halogens is 1. The van der Waals surface area contributed by atoms with Crippen molar-refractivity contribution in [3.05, 3.63) is 28.3 Å². The molecule has 88 valence electrons. The number of benzene rings is 1. The van der Waals surface area contributed by atoms with Crippen molar-refractivity contribution in [1.82, 2.24) is 0 Å². The molecule has 0 aliphatic carbocycles. The minimum atomic E-state index is 0.291. The number of nitrogens with two attached hydrogens (primary N) is 1. The summed E-state index contributed by atoms with van der Waals surface area (Å²) in [6.07, 6.45) is 0. The Bertz CT molecular complexity index is 402. The molecule has 16 heavy (non-hydrogen) atoms. The molecule has 0 aromatic heterocycles. The molecule has 0 unspecified atom stereocenters. The highest BCUT2D eigenvalue weighted by Gasteiger charge is 2.21. The topological polar surface area (TPSA) is 44.5 Å². The molecule has 5 heteroatoms. The summed E-state index contributed by atoms with van der Waals surface area (Å²) in [5, 5.41) is 0.691. The summed E-state index contributed by atoms with van der Waals surface area (Å²) in [4.78, 5) is 0. The third-order valence-electron chi connectivity index (χ3n) is 2.33. The molecule has 0 fully saturated rings. The smallest absolute Gasteiger partial charge is 0.189 e. The average molecular weight is 244 g/mol. The molecule has 4 nitrogen and oxygen atoms in total. The summed E-state index contributed by atoms with van der Waals surface area (Å²) in [6, 6.07) is 3.77. The van der Waals surface area contributed by atoms with Gasteiger partial charge in [-0.25, -0.2) is 4.59 Å². The fourth-order valence-electron chi connectivity index (χ4n) is 1.81. The van der Waals surface area contributed by atoms with E-state index in [-0.39, 0.29) is 0 Å². The normalized spacial score (nSPS) is 15.5. The van der Waals surface area contributed by atoms with E-state index in [9.17, 15) is 0 Å². The summed E-state index contributed by atoms with van der Waals surface area (Å²) >= 11 is 6.05. The lowest BCUT2D eigenvalue weighted by Gasteiger charge is -2.26. The highest BCUT2D eigenvalue weighted by molar-refractivity contribution is 6.30. The zero-order valence-corrected chi connectivity index (χ0v) is 10.3. The van der Waals surface area contributed by atoms with E-state index < -0.39 is 0 Å². The van der Waals surface area contributed by atoms with E-state index in [0.717, 1.165) is 16.9 Å². The lowest BCUT2D eigenvalue weighted by atomic mass is 10.1. The summed E-state index contributed by atoms with van der Waals surface area (Å²) in [6.45, 7) is 1.50. The van der Waals surface area contributed by atoms with Crippen LogP contribution in [-0.2, 0) is 17.9 Å².